The first-order chi connectivity index (χ1) is 8.58. The van der Waals surface area contributed by atoms with E-state index < -0.39 is 0 Å². The molecule has 0 aromatic carbocycles. The van der Waals surface area contributed by atoms with Crippen LogP contribution in [-0.4, -0.2) is 72.1 Å². The Morgan fingerprint density at radius 2 is 0.889 bits per heavy atom. The molecular formula is C6H9B3N6S3. The highest BCUT2D eigenvalue weighted by atomic mass is 32.1. The van der Waals surface area contributed by atoms with Gasteiger partial charge in [0.05, 0.1) is 0 Å². The molecule has 0 aromatic rings. The molecule has 0 unspecified atom stereocenters. The Morgan fingerprint density at radius 1 is 0.667 bits per heavy atom. The second-order valence-electron chi connectivity index (χ2n) is 3.70. The van der Waals surface area contributed by atoms with E-state index >= 15 is 0 Å². The molecule has 0 N–H and O–H groups in total. The first-order valence-corrected chi connectivity index (χ1v) is 6.17. The molecule has 0 aliphatic carbocycles. The van der Waals surface area contributed by atoms with Crippen LogP contribution < -0.4 is 0 Å². The molecule has 1 heterocycles. The molecule has 0 amide bonds. The van der Waals surface area contributed by atoms with Crippen molar-refractivity contribution < 1.29 is 0 Å². The summed E-state index contributed by atoms with van der Waals surface area (Å²) in [6, 6.07) is 0. The Kier molecular flexibility index (Phi) is 6.18. The quantitative estimate of drug-likeness (QED) is 0.417. The molecule has 0 radical (unpaired) electrons. The molecule has 6 nitrogen and oxygen atoms in total. The lowest BCUT2D eigenvalue weighted by Crippen LogP contribution is -2.73. The minimum absolute atomic E-state index is 0.340. The number of isothiocyanates is 3. The lowest BCUT2D eigenvalue weighted by atomic mass is 9.58. The molecular weight excluding hydrogens is 285 g/mol. The van der Waals surface area contributed by atoms with Crippen LogP contribution in [0.15, 0.2) is 14.7 Å². The summed E-state index contributed by atoms with van der Waals surface area (Å²) in [5.74, 6) is 0. The third-order valence-corrected chi connectivity index (χ3v) is 3.01. The third-order valence-electron chi connectivity index (χ3n) is 2.69. The number of hydrogen-bond donors (Lipinski definition) is 0. The van der Waals surface area contributed by atoms with Gasteiger partial charge in [-0.2, -0.15) is 0 Å². The van der Waals surface area contributed by atoms with Crippen molar-refractivity contribution in [1.29, 1.82) is 0 Å². The monoisotopic (exact) mass is 294 g/mol. The van der Waals surface area contributed by atoms with Crippen LogP contribution in [0.3, 0.4) is 0 Å². The van der Waals surface area contributed by atoms with Crippen molar-refractivity contribution in [3.05, 3.63) is 0 Å². The van der Waals surface area contributed by atoms with E-state index in [1.165, 1.54) is 0 Å². The summed E-state index contributed by atoms with van der Waals surface area (Å²) in [6.07, 6.45) is 0. The van der Waals surface area contributed by atoms with Crippen molar-refractivity contribution >= 4 is 73.5 Å². The fraction of sp³-hybridized carbons (Fsp3) is 0.500. The highest BCUT2D eigenvalue weighted by molar-refractivity contribution is 7.78. The maximum absolute atomic E-state index is 4.66. The maximum Gasteiger partial charge on any atom is 0.447 e. The van der Waals surface area contributed by atoms with Crippen LogP contribution in [0.4, 0.5) is 0 Å². The van der Waals surface area contributed by atoms with Crippen LogP contribution in [0.5, 0.6) is 0 Å². The molecule has 1 aliphatic heterocycles. The van der Waals surface area contributed by atoms with Gasteiger partial charge < -0.3 is 14.2 Å². The van der Waals surface area contributed by atoms with Crippen LogP contribution in [0.25, 0.3) is 0 Å². The average molecular weight is 294 g/mol. The summed E-state index contributed by atoms with van der Waals surface area (Å²) >= 11 is 14.0. The van der Waals surface area contributed by atoms with Crippen LogP contribution in [0, 0.1) is 0 Å². The number of rotatable bonds is 3. The largest absolute Gasteiger partial charge is 0.447 e. The highest BCUT2D eigenvalue weighted by Gasteiger charge is 2.51. The molecule has 0 aromatic heterocycles. The molecule has 0 saturated carbocycles. The zero-order chi connectivity index (χ0) is 13.7. The van der Waals surface area contributed by atoms with Gasteiger partial charge in [-0.1, -0.05) is 0 Å². The van der Waals surface area contributed by atoms with Gasteiger partial charge in [-0.05, 0) is 57.8 Å². The van der Waals surface area contributed by atoms with Gasteiger partial charge >= 0.3 is 21.4 Å². The van der Waals surface area contributed by atoms with Gasteiger partial charge in [-0.15, -0.1) is 0 Å². The predicted octanol–water partition coefficient (Wildman–Crippen LogP) is 0.0585. The summed E-state index contributed by atoms with van der Waals surface area (Å²) in [5, 5.41) is 7.11. The van der Waals surface area contributed by atoms with Crippen molar-refractivity contribution in [2.75, 3.05) is 21.1 Å². The van der Waals surface area contributed by atoms with E-state index in [-0.39, 0.29) is 21.4 Å². The van der Waals surface area contributed by atoms with E-state index in [0.717, 1.165) is 0 Å². The van der Waals surface area contributed by atoms with Crippen molar-refractivity contribution in [2.45, 2.75) is 0 Å². The molecule has 1 saturated heterocycles. The average Bonchev–Trinajstić information content (AvgIpc) is 2.35. The van der Waals surface area contributed by atoms with Gasteiger partial charge in [-0.25, -0.2) is 0 Å². The van der Waals surface area contributed by atoms with Crippen molar-refractivity contribution in [3.63, 3.8) is 0 Å². The normalized spacial score (nSPS) is 17.8. The Morgan fingerprint density at radius 3 is 1.06 bits per heavy atom. The zero-order valence-electron chi connectivity index (χ0n) is 10.1. The van der Waals surface area contributed by atoms with Gasteiger partial charge in [0.2, 0.25) is 0 Å². The Balaban J connectivity index is 3.20. The van der Waals surface area contributed by atoms with E-state index in [2.05, 4.69) is 66.8 Å². The molecule has 1 fully saturated rings. The van der Waals surface area contributed by atoms with Gasteiger partial charge in [0.15, 0.2) is 0 Å². The second kappa shape index (κ2) is 7.16. The molecule has 0 spiro atoms. The number of thiocarbonyl (C=S) groups is 3. The Bertz CT molecular complexity index is 379. The predicted molar refractivity (Wildman–Crippen MR) is 85.6 cm³/mol. The second-order valence-corrected chi connectivity index (χ2v) is 4.24. The molecule has 0 bridgehead atoms. The fourth-order valence-corrected chi connectivity index (χ4v) is 2.19. The van der Waals surface area contributed by atoms with Crippen LogP contribution in [0.1, 0.15) is 0 Å². The molecule has 18 heavy (non-hydrogen) atoms. The van der Waals surface area contributed by atoms with E-state index in [9.17, 15) is 0 Å². The van der Waals surface area contributed by atoms with E-state index in [1.54, 1.807) is 0 Å². The SMILES string of the molecule is CN1B(N=C=S)N(C)B(N=C=S)N(C)B1N=C=S. The van der Waals surface area contributed by atoms with Gasteiger partial charge in [0.25, 0.3) is 0 Å². The lowest BCUT2D eigenvalue weighted by Gasteiger charge is -2.43. The smallest absolute Gasteiger partial charge is 0.316 e. The zero-order valence-corrected chi connectivity index (χ0v) is 12.6. The summed E-state index contributed by atoms with van der Waals surface area (Å²) in [4.78, 5) is 12.3. The summed E-state index contributed by atoms with van der Waals surface area (Å²) < 4.78 is 5.61. The minimum atomic E-state index is -0.340. The first-order valence-electron chi connectivity index (χ1n) is 4.95. The van der Waals surface area contributed by atoms with Crippen LogP contribution in [0.2, 0.25) is 0 Å². The topological polar surface area (TPSA) is 46.8 Å². The molecule has 90 valence electrons. The van der Waals surface area contributed by atoms with Crippen LogP contribution >= 0.6 is 36.7 Å². The van der Waals surface area contributed by atoms with Gasteiger partial charge in [0.1, 0.15) is 0 Å². The molecule has 1 aliphatic rings. The van der Waals surface area contributed by atoms with E-state index in [4.69, 9.17) is 0 Å². The lowest BCUT2D eigenvalue weighted by molar-refractivity contribution is 0.532. The summed E-state index contributed by atoms with van der Waals surface area (Å²) in [5.41, 5.74) is 0. The Labute approximate surface area is 123 Å². The van der Waals surface area contributed by atoms with Crippen LogP contribution in [-0.2, 0) is 0 Å². The molecule has 1 rings (SSSR count). The Hall–Kier alpha value is -0.525. The minimum Gasteiger partial charge on any atom is -0.316 e. The molecule has 12 heteroatoms. The van der Waals surface area contributed by atoms with Crippen molar-refractivity contribution in [3.8, 4) is 0 Å². The number of nitrogens with zero attached hydrogens (tertiary/aromatic N) is 6. The highest BCUT2D eigenvalue weighted by Crippen LogP contribution is 2.16. The van der Waals surface area contributed by atoms with Gasteiger partial charge in [-0.3, -0.25) is 14.7 Å². The first kappa shape index (κ1) is 15.5. The number of hydrogen-bond acceptors (Lipinski definition) is 9. The molecule has 0 atom stereocenters. The van der Waals surface area contributed by atoms with Gasteiger partial charge in [0, 0.05) is 15.5 Å². The third kappa shape index (κ3) is 3.07. The standard InChI is InChI=1S/C6H9B3N6S3/c1-13-7(10-4-16)14(2)9(12-6-18)15(3)8(13)11-5-17/h1-3H3. The maximum atomic E-state index is 4.66. The fourth-order valence-electron chi connectivity index (χ4n) is 1.91. The van der Waals surface area contributed by atoms with Crippen molar-refractivity contribution in [2.24, 2.45) is 14.7 Å². The van der Waals surface area contributed by atoms with Crippen molar-refractivity contribution in [1.82, 2.24) is 14.2 Å². The van der Waals surface area contributed by atoms with E-state index in [0.29, 0.717) is 0 Å². The van der Waals surface area contributed by atoms with E-state index in [1.807, 2.05) is 35.3 Å². The summed E-state index contributed by atoms with van der Waals surface area (Å²) in [7, 11) is 4.54. The summed E-state index contributed by atoms with van der Waals surface area (Å²) in [6.45, 7) is 0.